The van der Waals surface area contributed by atoms with Gasteiger partial charge in [-0.1, -0.05) is 30.3 Å². The van der Waals surface area contributed by atoms with E-state index in [4.69, 9.17) is 12.2 Å². The third-order valence-corrected chi connectivity index (χ3v) is 6.52. The molecule has 1 atom stereocenters. The standard InChI is InChI=1S/C18H19N3O4S2/c22-21(23)16-8-6-15(7-9-16)19-18(26)20(12-14-4-2-1-3-5-14)17-10-11-27(24,25)13-17/h1-9,17H,10-13H2,(H,19,26)/t17-/m1/s1. The molecule has 0 aromatic heterocycles. The van der Waals surface area contributed by atoms with Crippen molar-refractivity contribution in [1.29, 1.82) is 0 Å². The van der Waals surface area contributed by atoms with Gasteiger partial charge in [-0.2, -0.15) is 0 Å². The molecule has 7 nitrogen and oxygen atoms in total. The molecule has 1 saturated heterocycles. The first-order valence-electron chi connectivity index (χ1n) is 8.40. The van der Waals surface area contributed by atoms with Crippen LogP contribution in [-0.2, 0) is 16.4 Å². The maximum absolute atomic E-state index is 11.9. The Balaban J connectivity index is 1.78. The minimum atomic E-state index is -3.06. The highest BCUT2D eigenvalue weighted by Gasteiger charge is 2.33. The maximum Gasteiger partial charge on any atom is 0.269 e. The number of nitro groups is 1. The lowest BCUT2D eigenvalue weighted by atomic mass is 10.1. The van der Waals surface area contributed by atoms with E-state index >= 15 is 0 Å². The van der Waals surface area contributed by atoms with Crippen molar-refractivity contribution in [3.8, 4) is 0 Å². The van der Waals surface area contributed by atoms with Crippen LogP contribution in [0.4, 0.5) is 11.4 Å². The number of nitrogens with zero attached hydrogens (tertiary/aromatic N) is 2. The van der Waals surface area contributed by atoms with Gasteiger partial charge < -0.3 is 10.2 Å². The van der Waals surface area contributed by atoms with Crippen LogP contribution in [0.1, 0.15) is 12.0 Å². The molecule has 0 unspecified atom stereocenters. The van der Waals surface area contributed by atoms with Crippen molar-refractivity contribution in [3.63, 3.8) is 0 Å². The Morgan fingerprint density at radius 1 is 1.19 bits per heavy atom. The predicted octanol–water partition coefficient (Wildman–Crippen LogP) is 2.98. The second-order valence-electron chi connectivity index (χ2n) is 6.40. The van der Waals surface area contributed by atoms with Crippen molar-refractivity contribution in [3.05, 3.63) is 70.3 Å². The number of anilines is 1. The summed E-state index contributed by atoms with van der Waals surface area (Å²) in [4.78, 5) is 12.2. The molecule has 1 aliphatic heterocycles. The maximum atomic E-state index is 11.9. The van der Waals surface area contributed by atoms with Crippen molar-refractivity contribution < 1.29 is 13.3 Å². The number of sulfone groups is 1. The molecule has 3 rings (SSSR count). The molecule has 9 heteroatoms. The molecular formula is C18H19N3O4S2. The van der Waals surface area contributed by atoms with Gasteiger partial charge in [0.25, 0.3) is 5.69 Å². The summed E-state index contributed by atoms with van der Waals surface area (Å²) in [6, 6.07) is 15.4. The van der Waals surface area contributed by atoms with Crippen molar-refractivity contribution >= 4 is 38.5 Å². The van der Waals surface area contributed by atoms with Crippen molar-refractivity contribution in [2.75, 3.05) is 16.8 Å². The van der Waals surface area contributed by atoms with Gasteiger partial charge >= 0.3 is 0 Å². The van der Waals surface area contributed by atoms with Gasteiger partial charge in [0.05, 0.1) is 16.4 Å². The first-order valence-corrected chi connectivity index (χ1v) is 10.6. The minimum Gasteiger partial charge on any atom is -0.341 e. The number of rotatable bonds is 5. The van der Waals surface area contributed by atoms with Crippen LogP contribution in [0.25, 0.3) is 0 Å². The smallest absolute Gasteiger partial charge is 0.269 e. The van der Waals surface area contributed by atoms with Crippen LogP contribution in [0.3, 0.4) is 0 Å². The van der Waals surface area contributed by atoms with Gasteiger partial charge in [-0.15, -0.1) is 0 Å². The molecule has 1 aliphatic rings. The zero-order chi connectivity index (χ0) is 19.4. The van der Waals surface area contributed by atoms with E-state index in [0.29, 0.717) is 23.8 Å². The van der Waals surface area contributed by atoms with Crippen LogP contribution in [0, 0.1) is 10.1 Å². The van der Waals surface area contributed by atoms with Gasteiger partial charge in [-0.05, 0) is 36.3 Å². The summed E-state index contributed by atoms with van der Waals surface area (Å²) in [7, 11) is -3.06. The molecule has 1 fully saturated rings. The number of nitro benzene ring substituents is 1. The number of non-ortho nitro benzene ring substituents is 1. The lowest BCUT2D eigenvalue weighted by molar-refractivity contribution is -0.384. The first kappa shape index (κ1) is 19.2. The van der Waals surface area contributed by atoms with Crippen LogP contribution >= 0.6 is 12.2 Å². The van der Waals surface area contributed by atoms with Crippen molar-refractivity contribution in [2.24, 2.45) is 0 Å². The average molecular weight is 406 g/mol. The van der Waals surface area contributed by atoms with Gasteiger partial charge in [-0.3, -0.25) is 10.1 Å². The van der Waals surface area contributed by atoms with Crippen LogP contribution in [0.15, 0.2) is 54.6 Å². The quantitative estimate of drug-likeness (QED) is 0.464. The van der Waals surface area contributed by atoms with Gasteiger partial charge in [-0.25, -0.2) is 8.42 Å². The molecule has 2 aromatic rings. The molecule has 0 spiro atoms. The topological polar surface area (TPSA) is 92.6 Å². The Morgan fingerprint density at radius 2 is 1.85 bits per heavy atom. The summed E-state index contributed by atoms with van der Waals surface area (Å²) in [6.07, 6.45) is 0.525. The Morgan fingerprint density at radius 3 is 2.41 bits per heavy atom. The fourth-order valence-corrected chi connectivity index (χ4v) is 5.09. The van der Waals surface area contributed by atoms with Gasteiger partial charge in [0.2, 0.25) is 0 Å². The number of benzene rings is 2. The first-order chi connectivity index (χ1) is 12.8. The Labute approximate surface area is 163 Å². The minimum absolute atomic E-state index is 0.00510. The second kappa shape index (κ2) is 8.01. The molecule has 27 heavy (non-hydrogen) atoms. The normalized spacial score (nSPS) is 18.0. The SMILES string of the molecule is O=[N+]([O-])c1ccc(NC(=S)N(Cc2ccccc2)[C@@H]2CCS(=O)(=O)C2)cc1. The summed E-state index contributed by atoms with van der Waals surface area (Å²) in [5.74, 6) is 0.227. The monoisotopic (exact) mass is 405 g/mol. The van der Waals surface area contributed by atoms with Crippen LogP contribution in [-0.4, -0.2) is 40.9 Å². The van der Waals surface area contributed by atoms with Crippen LogP contribution < -0.4 is 5.32 Å². The zero-order valence-corrected chi connectivity index (χ0v) is 16.1. The fraction of sp³-hybridized carbons (Fsp3) is 0.278. The summed E-state index contributed by atoms with van der Waals surface area (Å²) in [5.41, 5.74) is 1.63. The summed E-state index contributed by atoms with van der Waals surface area (Å²) in [5, 5.41) is 14.2. The zero-order valence-electron chi connectivity index (χ0n) is 14.4. The predicted molar refractivity (Wildman–Crippen MR) is 108 cm³/mol. The van der Waals surface area contributed by atoms with E-state index < -0.39 is 14.8 Å². The highest BCUT2D eigenvalue weighted by Crippen LogP contribution is 2.22. The van der Waals surface area contributed by atoms with Gasteiger partial charge in [0.1, 0.15) is 0 Å². The number of hydrogen-bond acceptors (Lipinski definition) is 5. The molecule has 1 N–H and O–H groups in total. The summed E-state index contributed by atoms with van der Waals surface area (Å²) in [6.45, 7) is 0.486. The molecule has 0 bridgehead atoms. The molecule has 0 aliphatic carbocycles. The summed E-state index contributed by atoms with van der Waals surface area (Å²) < 4.78 is 23.9. The van der Waals surface area contributed by atoms with E-state index in [9.17, 15) is 18.5 Å². The molecule has 0 saturated carbocycles. The van der Waals surface area contributed by atoms with Crippen LogP contribution in [0.2, 0.25) is 0 Å². The lowest BCUT2D eigenvalue weighted by Gasteiger charge is -2.31. The Bertz CT molecular complexity index is 931. The van der Waals surface area contributed by atoms with E-state index in [1.807, 2.05) is 35.2 Å². The van der Waals surface area contributed by atoms with Gasteiger partial charge in [0, 0.05) is 30.4 Å². The molecular weight excluding hydrogens is 386 g/mol. The average Bonchev–Trinajstić information content (AvgIpc) is 3.00. The van der Waals surface area contributed by atoms with Crippen LogP contribution in [0.5, 0.6) is 0 Å². The molecule has 1 heterocycles. The van der Waals surface area contributed by atoms with E-state index in [0.717, 1.165) is 5.56 Å². The third kappa shape index (κ3) is 5.01. The van der Waals surface area contributed by atoms with E-state index in [-0.39, 0.29) is 23.2 Å². The highest BCUT2D eigenvalue weighted by atomic mass is 32.2. The van der Waals surface area contributed by atoms with Crippen molar-refractivity contribution in [2.45, 2.75) is 19.0 Å². The van der Waals surface area contributed by atoms with E-state index in [2.05, 4.69) is 5.32 Å². The number of thiocarbonyl (C=S) groups is 1. The third-order valence-electron chi connectivity index (χ3n) is 4.44. The fourth-order valence-electron chi connectivity index (χ4n) is 3.03. The van der Waals surface area contributed by atoms with Gasteiger partial charge in [0.15, 0.2) is 14.9 Å². The molecule has 0 radical (unpaired) electrons. The Hall–Kier alpha value is -2.52. The number of nitrogens with one attached hydrogen (secondary N) is 1. The summed E-state index contributed by atoms with van der Waals surface area (Å²) >= 11 is 5.54. The second-order valence-corrected chi connectivity index (χ2v) is 9.02. The molecule has 2 aromatic carbocycles. The van der Waals surface area contributed by atoms with Crippen molar-refractivity contribution in [1.82, 2.24) is 4.90 Å². The largest absolute Gasteiger partial charge is 0.341 e. The molecule has 0 amide bonds. The van der Waals surface area contributed by atoms with E-state index in [1.54, 1.807) is 12.1 Å². The number of hydrogen-bond donors (Lipinski definition) is 1. The van der Waals surface area contributed by atoms with E-state index in [1.165, 1.54) is 12.1 Å². The lowest BCUT2D eigenvalue weighted by Crippen LogP contribution is -2.42. The highest BCUT2D eigenvalue weighted by molar-refractivity contribution is 7.91. The molecule has 142 valence electrons. The Kier molecular flexibility index (Phi) is 5.71.